The number of halogens is 3. The van der Waals surface area contributed by atoms with Crippen molar-refractivity contribution in [2.75, 3.05) is 12.4 Å². The van der Waals surface area contributed by atoms with E-state index in [4.69, 9.17) is 16.3 Å². The Bertz CT molecular complexity index is 608. The van der Waals surface area contributed by atoms with E-state index in [1.807, 2.05) is 0 Å². The Balaban J connectivity index is 2.10. The molecular formula is C15H14ClF2NO2. The minimum atomic E-state index is -2.84. The van der Waals surface area contributed by atoms with E-state index in [0.29, 0.717) is 23.0 Å². The number of hydrogen-bond donors (Lipinski definition) is 1. The van der Waals surface area contributed by atoms with Gasteiger partial charge in [-0.25, -0.2) is 0 Å². The molecule has 0 saturated heterocycles. The highest BCUT2D eigenvalue weighted by Gasteiger charge is 2.08. The van der Waals surface area contributed by atoms with Gasteiger partial charge in [0.1, 0.15) is 11.5 Å². The van der Waals surface area contributed by atoms with Crippen LogP contribution in [0.4, 0.5) is 14.5 Å². The molecule has 3 nitrogen and oxygen atoms in total. The van der Waals surface area contributed by atoms with Gasteiger partial charge in [0.25, 0.3) is 0 Å². The van der Waals surface area contributed by atoms with Crippen molar-refractivity contribution >= 4 is 17.3 Å². The maximum atomic E-state index is 12.2. The van der Waals surface area contributed by atoms with Crippen LogP contribution in [-0.2, 0) is 6.54 Å². The minimum absolute atomic E-state index is 0.0983. The van der Waals surface area contributed by atoms with E-state index >= 15 is 0 Å². The summed E-state index contributed by atoms with van der Waals surface area (Å²) >= 11 is 6.13. The first-order valence-corrected chi connectivity index (χ1v) is 6.58. The van der Waals surface area contributed by atoms with Crippen molar-refractivity contribution in [2.45, 2.75) is 13.2 Å². The first-order chi connectivity index (χ1) is 10.1. The van der Waals surface area contributed by atoms with E-state index in [1.54, 1.807) is 37.4 Å². The lowest BCUT2D eigenvalue weighted by molar-refractivity contribution is -0.0498. The normalized spacial score (nSPS) is 10.5. The highest BCUT2D eigenvalue weighted by atomic mass is 35.5. The van der Waals surface area contributed by atoms with E-state index < -0.39 is 6.61 Å². The molecule has 112 valence electrons. The monoisotopic (exact) mass is 313 g/mol. The Kier molecular flexibility index (Phi) is 5.22. The van der Waals surface area contributed by atoms with Crippen LogP contribution in [0, 0.1) is 0 Å². The van der Waals surface area contributed by atoms with Crippen LogP contribution in [0.2, 0.25) is 5.02 Å². The standard InChI is InChI=1S/C15H14ClF2NO2/c1-20-14-7-3-6-13(16)12(14)9-19-10-4-2-5-11(8-10)21-15(17)18/h2-8,15,19H,9H2,1H3. The van der Waals surface area contributed by atoms with Crippen molar-refractivity contribution in [1.29, 1.82) is 0 Å². The van der Waals surface area contributed by atoms with Crippen molar-refractivity contribution in [3.8, 4) is 11.5 Å². The molecule has 2 aromatic rings. The summed E-state index contributed by atoms with van der Waals surface area (Å²) in [5.41, 5.74) is 1.44. The predicted octanol–water partition coefficient (Wildman–Crippen LogP) is 4.56. The van der Waals surface area contributed by atoms with Crippen molar-refractivity contribution in [3.63, 3.8) is 0 Å². The zero-order chi connectivity index (χ0) is 15.2. The molecule has 2 rings (SSSR count). The lowest BCUT2D eigenvalue weighted by Gasteiger charge is -2.13. The van der Waals surface area contributed by atoms with Gasteiger partial charge >= 0.3 is 6.61 Å². The highest BCUT2D eigenvalue weighted by Crippen LogP contribution is 2.27. The molecule has 0 radical (unpaired) electrons. The molecule has 0 heterocycles. The third-order valence-corrected chi connectivity index (χ3v) is 3.18. The van der Waals surface area contributed by atoms with Gasteiger partial charge in [-0.1, -0.05) is 23.7 Å². The molecule has 0 spiro atoms. The van der Waals surface area contributed by atoms with Gasteiger partial charge in [0.05, 0.1) is 7.11 Å². The number of hydrogen-bond acceptors (Lipinski definition) is 3. The quantitative estimate of drug-likeness (QED) is 0.848. The summed E-state index contributed by atoms with van der Waals surface area (Å²) in [6.45, 7) is -2.44. The number of nitrogens with one attached hydrogen (secondary N) is 1. The lowest BCUT2D eigenvalue weighted by atomic mass is 10.2. The highest BCUT2D eigenvalue weighted by molar-refractivity contribution is 6.31. The van der Waals surface area contributed by atoms with Gasteiger partial charge in [0, 0.05) is 28.9 Å². The number of alkyl halides is 2. The average molecular weight is 314 g/mol. The second-order valence-corrected chi connectivity index (χ2v) is 4.59. The number of rotatable bonds is 6. The second-order valence-electron chi connectivity index (χ2n) is 4.18. The number of methoxy groups -OCH3 is 1. The van der Waals surface area contributed by atoms with Gasteiger partial charge in [0.15, 0.2) is 0 Å². The lowest BCUT2D eigenvalue weighted by Crippen LogP contribution is -2.04. The van der Waals surface area contributed by atoms with Gasteiger partial charge in [0.2, 0.25) is 0 Å². The van der Waals surface area contributed by atoms with Gasteiger partial charge in [-0.2, -0.15) is 8.78 Å². The Hall–Kier alpha value is -2.01. The van der Waals surface area contributed by atoms with Crippen LogP contribution in [0.25, 0.3) is 0 Å². The number of ether oxygens (including phenoxy) is 2. The van der Waals surface area contributed by atoms with E-state index in [0.717, 1.165) is 5.56 Å². The summed E-state index contributed by atoms with van der Waals surface area (Å²) in [6.07, 6.45) is 0. The topological polar surface area (TPSA) is 30.5 Å². The summed E-state index contributed by atoms with van der Waals surface area (Å²) < 4.78 is 34.0. The fourth-order valence-corrected chi connectivity index (χ4v) is 2.11. The summed E-state index contributed by atoms with van der Waals surface area (Å²) in [5, 5.41) is 3.67. The molecule has 0 aliphatic rings. The molecule has 0 saturated carbocycles. The molecule has 0 unspecified atom stereocenters. The molecule has 0 atom stereocenters. The minimum Gasteiger partial charge on any atom is -0.496 e. The first-order valence-electron chi connectivity index (χ1n) is 6.20. The molecule has 0 aliphatic heterocycles. The summed E-state index contributed by atoms with van der Waals surface area (Å²) in [6, 6.07) is 11.7. The average Bonchev–Trinajstić information content (AvgIpc) is 2.45. The third-order valence-electron chi connectivity index (χ3n) is 2.82. The van der Waals surface area contributed by atoms with Crippen molar-refractivity contribution < 1.29 is 18.3 Å². The molecule has 0 fully saturated rings. The fourth-order valence-electron chi connectivity index (χ4n) is 1.87. The molecular weight excluding hydrogens is 300 g/mol. The smallest absolute Gasteiger partial charge is 0.387 e. The Morgan fingerprint density at radius 3 is 2.67 bits per heavy atom. The van der Waals surface area contributed by atoms with Gasteiger partial charge < -0.3 is 14.8 Å². The van der Waals surface area contributed by atoms with Crippen LogP contribution in [0.3, 0.4) is 0 Å². The van der Waals surface area contributed by atoms with Crippen molar-refractivity contribution in [3.05, 3.63) is 53.1 Å². The van der Waals surface area contributed by atoms with Crippen molar-refractivity contribution in [1.82, 2.24) is 0 Å². The zero-order valence-electron chi connectivity index (χ0n) is 11.3. The third kappa shape index (κ3) is 4.23. The summed E-state index contributed by atoms with van der Waals surface area (Å²) in [7, 11) is 1.56. The van der Waals surface area contributed by atoms with Gasteiger partial charge in [-0.05, 0) is 24.3 Å². The summed E-state index contributed by atoms with van der Waals surface area (Å²) in [4.78, 5) is 0. The molecule has 6 heteroatoms. The first kappa shape index (κ1) is 15.4. The predicted molar refractivity (Wildman–Crippen MR) is 78.4 cm³/mol. The molecule has 0 bridgehead atoms. The fraction of sp³-hybridized carbons (Fsp3) is 0.200. The van der Waals surface area contributed by atoms with Gasteiger partial charge in [-0.15, -0.1) is 0 Å². The SMILES string of the molecule is COc1cccc(Cl)c1CNc1cccc(OC(F)F)c1. The molecule has 21 heavy (non-hydrogen) atoms. The Labute approximate surface area is 126 Å². The molecule has 0 aliphatic carbocycles. The van der Waals surface area contributed by atoms with Crippen LogP contribution in [-0.4, -0.2) is 13.7 Å². The number of anilines is 1. The van der Waals surface area contributed by atoms with Crippen LogP contribution in [0.5, 0.6) is 11.5 Å². The maximum Gasteiger partial charge on any atom is 0.387 e. The van der Waals surface area contributed by atoms with E-state index in [9.17, 15) is 8.78 Å². The Morgan fingerprint density at radius 1 is 1.19 bits per heavy atom. The second kappa shape index (κ2) is 7.13. The molecule has 2 aromatic carbocycles. The zero-order valence-corrected chi connectivity index (χ0v) is 12.0. The molecule has 1 N–H and O–H groups in total. The Morgan fingerprint density at radius 2 is 1.95 bits per heavy atom. The van der Waals surface area contributed by atoms with E-state index in [2.05, 4.69) is 10.1 Å². The van der Waals surface area contributed by atoms with E-state index in [-0.39, 0.29) is 5.75 Å². The summed E-state index contributed by atoms with van der Waals surface area (Å²) in [5.74, 6) is 0.760. The molecule has 0 aromatic heterocycles. The maximum absolute atomic E-state index is 12.2. The van der Waals surface area contributed by atoms with Crippen LogP contribution < -0.4 is 14.8 Å². The largest absolute Gasteiger partial charge is 0.496 e. The van der Waals surface area contributed by atoms with Gasteiger partial charge in [-0.3, -0.25) is 0 Å². The number of benzene rings is 2. The van der Waals surface area contributed by atoms with Crippen LogP contribution >= 0.6 is 11.6 Å². The van der Waals surface area contributed by atoms with Crippen LogP contribution in [0.15, 0.2) is 42.5 Å². The van der Waals surface area contributed by atoms with Crippen LogP contribution in [0.1, 0.15) is 5.56 Å². The van der Waals surface area contributed by atoms with E-state index in [1.165, 1.54) is 12.1 Å². The van der Waals surface area contributed by atoms with Crippen molar-refractivity contribution in [2.24, 2.45) is 0 Å². The molecule has 0 amide bonds.